The highest BCUT2D eigenvalue weighted by molar-refractivity contribution is 5.74. The van der Waals surface area contributed by atoms with Gasteiger partial charge in [0.15, 0.2) is 11.5 Å². The van der Waals surface area contributed by atoms with Crippen LogP contribution in [0.25, 0.3) is 12.2 Å². The van der Waals surface area contributed by atoms with Crippen LogP contribution in [0, 0.1) is 0 Å². The lowest BCUT2D eigenvalue weighted by Gasteiger charge is -2.14. The second-order valence-electron chi connectivity index (χ2n) is 6.87. The quantitative estimate of drug-likeness (QED) is 0.709. The van der Waals surface area contributed by atoms with E-state index in [-0.39, 0.29) is 0 Å². The molecule has 0 unspecified atom stereocenters. The second-order valence-corrected chi connectivity index (χ2v) is 6.87. The molecule has 5 heteroatoms. The molecule has 1 aromatic carbocycles. The summed E-state index contributed by atoms with van der Waals surface area (Å²) in [7, 11) is 6.92. The van der Waals surface area contributed by atoms with Crippen molar-refractivity contribution in [3.8, 4) is 17.2 Å². The van der Waals surface area contributed by atoms with Crippen LogP contribution >= 0.6 is 0 Å². The van der Waals surface area contributed by atoms with Crippen LogP contribution in [0.4, 0.5) is 0 Å². The van der Waals surface area contributed by atoms with E-state index in [1.807, 2.05) is 24.3 Å². The molecule has 0 saturated heterocycles. The number of imidazole rings is 1. The van der Waals surface area contributed by atoms with Gasteiger partial charge in [-0.3, -0.25) is 0 Å². The molecule has 2 rings (SSSR count). The Hall–Kier alpha value is -2.43. The average molecular weight is 358 g/mol. The Morgan fingerprint density at radius 2 is 1.54 bits per heavy atom. The summed E-state index contributed by atoms with van der Waals surface area (Å²) in [5.74, 6) is 3.60. The monoisotopic (exact) mass is 358 g/mol. The Balaban J connectivity index is 2.50. The van der Waals surface area contributed by atoms with E-state index in [9.17, 15) is 0 Å². The number of hydrogen-bond donors (Lipinski definition) is 0. The van der Waals surface area contributed by atoms with Gasteiger partial charge in [-0.25, -0.2) is 4.98 Å². The van der Waals surface area contributed by atoms with Crippen molar-refractivity contribution >= 4 is 12.2 Å². The van der Waals surface area contributed by atoms with Crippen molar-refractivity contribution in [3.63, 3.8) is 0 Å². The van der Waals surface area contributed by atoms with Crippen molar-refractivity contribution in [2.45, 2.75) is 39.5 Å². The summed E-state index contributed by atoms with van der Waals surface area (Å²) >= 11 is 0. The SMILES string of the molecule is COc1ccc(/C=C/c2nc(C(C)C)c(C(C)C)n2C)c(OC)c1OC. The molecule has 1 aromatic heterocycles. The lowest BCUT2D eigenvalue weighted by Crippen LogP contribution is -2.03. The van der Waals surface area contributed by atoms with Gasteiger partial charge in [-0.1, -0.05) is 27.7 Å². The first-order chi connectivity index (χ1) is 12.3. The standard InChI is InChI=1S/C21H30N2O3/c1-13(2)18-19(14(3)4)23(5)17(22-18)12-10-15-9-11-16(24-6)21(26-8)20(15)25-7/h9-14H,1-8H3/b12-10+. The van der Waals surface area contributed by atoms with E-state index in [1.165, 1.54) is 5.69 Å². The lowest BCUT2D eigenvalue weighted by atomic mass is 10.0. The van der Waals surface area contributed by atoms with Crippen molar-refractivity contribution in [3.05, 3.63) is 34.9 Å². The Bertz CT molecular complexity index is 789. The molecule has 1 heterocycles. The molecule has 0 aliphatic heterocycles. The van der Waals surface area contributed by atoms with Crippen LogP contribution in [-0.2, 0) is 7.05 Å². The molecule has 0 saturated carbocycles. The van der Waals surface area contributed by atoms with E-state index in [0.29, 0.717) is 29.1 Å². The van der Waals surface area contributed by atoms with Gasteiger partial charge in [0.25, 0.3) is 0 Å². The summed E-state index contributed by atoms with van der Waals surface area (Å²) in [5.41, 5.74) is 3.34. The van der Waals surface area contributed by atoms with Crippen LogP contribution in [0.5, 0.6) is 17.2 Å². The van der Waals surface area contributed by atoms with E-state index < -0.39 is 0 Å². The van der Waals surface area contributed by atoms with Crippen LogP contribution in [0.15, 0.2) is 12.1 Å². The van der Waals surface area contributed by atoms with Gasteiger partial charge in [0.05, 0.1) is 27.0 Å². The third-order valence-electron chi connectivity index (χ3n) is 4.44. The minimum absolute atomic E-state index is 0.386. The molecule has 5 nitrogen and oxygen atoms in total. The maximum atomic E-state index is 5.55. The summed E-state index contributed by atoms with van der Waals surface area (Å²) in [6.07, 6.45) is 4.01. The largest absolute Gasteiger partial charge is 0.493 e. The topological polar surface area (TPSA) is 45.5 Å². The molecule has 26 heavy (non-hydrogen) atoms. The minimum Gasteiger partial charge on any atom is -0.493 e. The summed E-state index contributed by atoms with van der Waals surface area (Å²) < 4.78 is 18.5. The van der Waals surface area contributed by atoms with Gasteiger partial charge in [0.2, 0.25) is 5.75 Å². The van der Waals surface area contributed by atoms with Gasteiger partial charge in [0, 0.05) is 18.3 Å². The van der Waals surface area contributed by atoms with Crippen molar-refractivity contribution < 1.29 is 14.2 Å². The van der Waals surface area contributed by atoms with Crippen molar-refractivity contribution in [2.24, 2.45) is 7.05 Å². The molecule has 142 valence electrons. The van der Waals surface area contributed by atoms with Crippen molar-refractivity contribution in [2.75, 3.05) is 21.3 Å². The van der Waals surface area contributed by atoms with E-state index in [1.54, 1.807) is 21.3 Å². The van der Waals surface area contributed by atoms with E-state index in [0.717, 1.165) is 17.1 Å². The zero-order valence-electron chi connectivity index (χ0n) is 17.1. The molecule has 0 spiro atoms. The number of ether oxygens (including phenoxy) is 3. The molecule has 0 fully saturated rings. The summed E-state index contributed by atoms with van der Waals surface area (Å²) in [5, 5.41) is 0. The highest BCUT2D eigenvalue weighted by Gasteiger charge is 2.19. The fourth-order valence-corrected chi connectivity index (χ4v) is 3.23. The van der Waals surface area contributed by atoms with Gasteiger partial charge in [-0.2, -0.15) is 0 Å². The second kappa shape index (κ2) is 8.30. The molecule has 0 atom stereocenters. The van der Waals surface area contributed by atoms with Crippen LogP contribution in [0.1, 0.15) is 62.3 Å². The average Bonchev–Trinajstić information content (AvgIpc) is 2.95. The number of nitrogens with zero attached hydrogens (tertiary/aromatic N) is 2. The molecule has 0 aliphatic carbocycles. The normalized spacial score (nSPS) is 11.6. The summed E-state index contributed by atoms with van der Waals surface area (Å²) in [6, 6.07) is 3.82. The maximum absolute atomic E-state index is 5.55. The fraction of sp³-hybridized carbons (Fsp3) is 0.476. The first-order valence-corrected chi connectivity index (χ1v) is 8.89. The van der Waals surface area contributed by atoms with Gasteiger partial charge in [-0.05, 0) is 36.1 Å². The predicted octanol–water partition coefficient (Wildman–Crippen LogP) is 4.86. The fourth-order valence-electron chi connectivity index (χ4n) is 3.23. The van der Waals surface area contributed by atoms with Gasteiger partial charge >= 0.3 is 0 Å². The Kier molecular flexibility index (Phi) is 6.35. The first kappa shape index (κ1) is 19.9. The van der Waals surface area contributed by atoms with E-state index in [2.05, 4.69) is 39.3 Å². The zero-order valence-corrected chi connectivity index (χ0v) is 17.1. The molecule has 0 amide bonds. The van der Waals surface area contributed by atoms with Gasteiger partial charge in [0.1, 0.15) is 5.82 Å². The van der Waals surface area contributed by atoms with Crippen LogP contribution in [0.3, 0.4) is 0 Å². The molecule has 0 bridgehead atoms. The summed E-state index contributed by atoms with van der Waals surface area (Å²) in [4.78, 5) is 4.86. The minimum atomic E-state index is 0.386. The number of rotatable bonds is 7. The van der Waals surface area contributed by atoms with Gasteiger partial charge < -0.3 is 18.8 Å². The number of hydrogen-bond acceptors (Lipinski definition) is 4. The first-order valence-electron chi connectivity index (χ1n) is 8.89. The van der Waals surface area contributed by atoms with Crippen LogP contribution in [0.2, 0.25) is 0 Å². The Morgan fingerprint density at radius 1 is 0.885 bits per heavy atom. The number of aromatic nitrogens is 2. The molecular formula is C21H30N2O3. The molecule has 2 aromatic rings. The predicted molar refractivity (Wildman–Crippen MR) is 106 cm³/mol. The molecule has 0 N–H and O–H groups in total. The van der Waals surface area contributed by atoms with Crippen molar-refractivity contribution in [1.82, 2.24) is 9.55 Å². The Labute approximate surface area is 156 Å². The number of benzene rings is 1. The van der Waals surface area contributed by atoms with Crippen molar-refractivity contribution in [1.29, 1.82) is 0 Å². The Morgan fingerprint density at radius 3 is 2.00 bits per heavy atom. The molecule has 0 aliphatic rings. The van der Waals surface area contributed by atoms with Crippen LogP contribution in [-0.4, -0.2) is 30.9 Å². The smallest absolute Gasteiger partial charge is 0.203 e. The highest BCUT2D eigenvalue weighted by atomic mass is 16.5. The summed E-state index contributed by atoms with van der Waals surface area (Å²) in [6.45, 7) is 8.76. The van der Waals surface area contributed by atoms with Gasteiger partial charge in [-0.15, -0.1) is 0 Å². The lowest BCUT2D eigenvalue weighted by molar-refractivity contribution is 0.324. The van der Waals surface area contributed by atoms with E-state index >= 15 is 0 Å². The van der Waals surface area contributed by atoms with E-state index in [4.69, 9.17) is 19.2 Å². The van der Waals surface area contributed by atoms with Crippen LogP contribution < -0.4 is 14.2 Å². The highest BCUT2D eigenvalue weighted by Crippen LogP contribution is 2.40. The number of methoxy groups -OCH3 is 3. The third-order valence-corrected chi connectivity index (χ3v) is 4.44. The molecular weight excluding hydrogens is 328 g/mol. The maximum Gasteiger partial charge on any atom is 0.203 e. The zero-order chi connectivity index (χ0) is 19.4. The third kappa shape index (κ3) is 3.71. The molecule has 0 radical (unpaired) electrons.